The van der Waals surface area contributed by atoms with Gasteiger partial charge in [0, 0.05) is 12.0 Å². The number of hydrogen-bond donors (Lipinski definition) is 0. The molecule has 134 valence electrons. The Kier molecular flexibility index (Phi) is 36.3. The lowest BCUT2D eigenvalue weighted by Gasteiger charge is -2.01. The number of carbonyl (C=O) groups is 1. The Hall–Kier alpha value is -1.70. The largest absolute Gasteiger partial charge is 0.294 e. The fourth-order valence-corrected chi connectivity index (χ4v) is 1.38. The first kappa shape index (κ1) is 29.3. The minimum Gasteiger partial charge on any atom is -0.294 e. The van der Waals surface area contributed by atoms with Gasteiger partial charge in [-0.05, 0) is 19.4 Å². The molecule has 0 radical (unpaired) electrons. The Morgan fingerprint density at radius 1 is 0.913 bits per heavy atom. The zero-order valence-electron chi connectivity index (χ0n) is 16.6. The molecule has 0 fully saturated rings. The van der Waals surface area contributed by atoms with Crippen molar-refractivity contribution < 1.29 is 9.18 Å². The first-order chi connectivity index (χ1) is 11.3. The molecule has 0 bridgehead atoms. The van der Waals surface area contributed by atoms with E-state index in [2.05, 4.69) is 0 Å². The smallest absolute Gasteiger partial charge is 0.167 e. The van der Waals surface area contributed by atoms with Crippen molar-refractivity contribution >= 4 is 5.78 Å². The van der Waals surface area contributed by atoms with Gasteiger partial charge in [0.15, 0.2) is 5.78 Å². The third-order valence-corrected chi connectivity index (χ3v) is 2.21. The molecule has 2 heteroatoms. The first-order valence-corrected chi connectivity index (χ1v) is 8.52. The third kappa shape index (κ3) is 18.3. The molecule has 0 atom stereocenters. The summed E-state index contributed by atoms with van der Waals surface area (Å²) in [5, 5.41) is 0. The van der Waals surface area contributed by atoms with Gasteiger partial charge in [0.1, 0.15) is 0 Å². The van der Waals surface area contributed by atoms with Crippen LogP contribution >= 0.6 is 0 Å². The predicted octanol–water partition coefficient (Wildman–Crippen LogP) is 7.45. The summed E-state index contributed by atoms with van der Waals surface area (Å²) < 4.78 is 9.50. The molecule has 0 saturated heterocycles. The van der Waals surface area contributed by atoms with Gasteiger partial charge >= 0.3 is 0 Å². The third-order valence-electron chi connectivity index (χ3n) is 2.21. The molecular weight excluding hydrogens is 287 g/mol. The average molecular weight is 325 g/mol. The molecule has 0 spiro atoms. The SMILES string of the molecule is C/C=C\C(=C/C)CC(=O)c1ccccc1.CC.CC.CC.CF. The number of hydrogen-bond acceptors (Lipinski definition) is 1. The summed E-state index contributed by atoms with van der Waals surface area (Å²) in [6.07, 6.45) is 6.38. The zero-order valence-corrected chi connectivity index (χ0v) is 16.6. The molecule has 0 aliphatic rings. The molecule has 0 heterocycles. The van der Waals surface area contributed by atoms with Crippen LogP contribution in [-0.4, -0.2) is 13.0 Å². The minimum atomic E-state index is 0.168. The van der Waals surface area contributed by atoms with Gasteiger partial charge in [-0.3, -0.25) is 9.18 Å². The van der Waals surface area contributed by atoms with Crippen LogP contribution in [-0.2, 0) is 0 Å². The average Bonchev–Trinajstić information content (AvgIpc) is 2.68. The lowest BCUT2D eigenvalue weighted by Crippen LogP contribution is -1.99. The van der Waals surface area contributed by atoms with E-state index in [1.807, 2.05) is 104 Å². The molecule has 0 aliphatic carbocycles. The predicted molar refractivity (Wildman–Crippen MR) is 105 cm³/mol. The highest BCUT2D eigenvalue weighted by Crippen LogP contribution is 2.10. The van der Waals surface area contributed by atoms with Crippen LogP contribution in [0.1, 0.15) is 72.2 Å². The molecule has 0 saturated carbocycles. The van der Waals surface area contributed by atoms with Gasteiger partial charge in [-0.2, -0.15) is 0 Å². The van der Waals surface area contributed by atoms with Crippen molar-refractivity contribution in [2.24, 2.45) is 0 Å². The van der Waals surface area contributed by atoms with Gasteiger partial charge < -0.3 is 0 Å². The molecule has 0 aliphatic heterocycles. The maximum atomic E-state index is 11.8. The number of carbonyl (C=O) groups excluding carboxylic acids is 1. The van der Waals surface area contributed by atoms with E-state index in [-0.39, 0.29) is 5.78 Å². The quantitative estimate of drug-likeness (QED) is 0.415. The van der Waals surface area contributed by atoms with E-state index in [1.165, 1.54) is 0 Å². The monoisotopic (exact) mass is 324 g/mol. The summed E-state index contributed by atoms with van der Waals surface area (Å²) in [5.41, 5.74) is 1.84. The number of alkyl halides is 1. The van der Waals surface area contributed by atoms with Gasteiger partial charge in [0.05, 0.1) is 7.18 Å². The fourth-order valence-electron chi connectivity index (χ4n) is 1.38. The molecule has 1 aromatic rings. The van der Waals surface area contributed by atoms with Gasteiger partial charge in [-0.25, -0.2) is 0 Å². The lowest BCUT2D eigenvalue weighted by atomic mass is 10.0. The number of benzene rings is 1. The van der Waals surface area contributed by atoms with Crippen LogP contribution in [0, 0.1) is 0 Å². The summed E-state index contributed by atoms with van der Waals surface area (Å²) in [5.74, 6) is 0.168. The Bertz CT molecular complexity index is 378. The van der Waals surface area contributed by atoms with E-state index in [0.717, 1.165) is 11.1 Å². The molecule has 0 aromatic heterocycles. The summed E-state index contributed by atoms with van der Waals surface area (Å²) in [4.78, 5) is 11.8. The Labute approximate surface area is 144 Å². The van der Waals surface area contributed by atoms with E-state index in [9.17, 15) is 9.18 Å². The Balaban J connectivity index is -0.000000196. The van der Waals surface area contributed by atoms with E-state index < -0.39 is 0 Å². The van der Waals surface area contributed by atoms with Crippen LogP contribution in [0.4, 0.5) is 4.39 Å². The molecule has 23 heavy (non-hydrogen) atoms. The van der Waals surface area contributed by atoms with Crippen molar-refractivity contribution in [2.45, 2.75) is 61.8 Å². The second-order valence-electron chi connectivity index (χ2n) is 3.33. The molecule has 1 rings (SSSR count). The number of rotatable bonds is 4. The van der Waals surface area contributed by atoms with Crippen molar-refractivity contribution in [3.8, 4) is 0 Å². The van der Waals surface area contributed by atoms with Crippen molar-refractivity contribution in [2.75, 3.05) is 7.18 Å². The normalized spacial score (nSPS) is 8.87. The highest BCUT2D eigenvalue weighted by Gasteiger charge is 2.05. The van der Waals surface area contributed by atoms with Crippen molar-refractivity contribution in [1.29, 1.82) is 0 Å². The molecule has 1 aromatic carbocycles. The van der Waals surface area contributed by atoms with Crippen LogP contribution in [0.2, 0.25) is 0 Å². The highest BCUT2D eigenvalue weighted by atomic mass is 19.1. The van der Waals surface area contributed by atoms with E-state index in [0.29, 0.717) is 13.6 Å². The maximum Gasteiger partial charge on any atom is 0.167 e. The Morgan fingerprint density at radius 2 is 1.35 bits per heavy atom. The number of Topliss-reactive ketones (excluding diaryl/α,β-unsaturated/α-hetero) is 1. The standard InChI is InChI=1S/C14H16O.3C2H6.CH3F/c1-3-8-12(4-2)11-14(15)13-9-6-5-7-10-13;4*1-2/h3-10H,11H2,1-2H3;3*1-2H3;1H3/b8-3-,12-4+;;;;. The summed E-state index contributed by atoms with van der Waals surface area (Å²) in [7, 11) is 0.500. The van der Waals surface area contributed by atoms with Crippen molar-refractivity contribution in [3.05, 3.63) is 59.7 Å². The van der Waals surface area contributed by atoms with Crippen LogP contribution in [0.15, 0.2) is 54.1 Å². The maximum absolute atomic E-state index is 11.8. The topological polar surface area (TPSA) is 17.1 Å². The molecule has 0 unspecified atom stereocenters. The van der Waals surface area contributed by atoms with Gasteiger partial charge in [-0.1, -0.05) is 90.1 Å². The zero-order chi connectivity index (χ0) is 19.1. The van der Waals surface area contributed by atoms with E-state index in [4.69, 9.17) is 0 Å². The number of halogens is 1. The van der Waals surface area contributed by atoms with Crippen LogP contribution in [0.25, 0.3) is 0 Å². The summed E-state index contributed by atoms with van der Waals surface area (Å²) in [6.45, 7) is 15.9. The highest BCUT2D eigenvalue weighted by molar-refractivity contribution is 5.97. The molecule has 0 N–H and O–H groups in total. The van der Waals surface area contributed by atoms with Gasteiger partial charge in [-0.15, -0.1) is 0 Å². The molecular formula is C21H37FO. The first-order valence-electron chi connectivity index (χ1n) is 8.52. The number of allylic oxidation sites excluding steroid dienone is 4. The second-order valence-corrected chi connectivity index (χ2v) is 3.33. The molecule has 0 amide bonds. The second kappa shape index (κ2) is 28.5. The molecule has 1 nitrogen and oxygen atoms in total. The Morgan fingerprint density at radius 3 is 1.70 bits per heavy atom. The minimum absolute atomic E-state index is 0.168. The van der Waals surface area contributed by atoms with Crippen molar-refractivity contribution in [3.63, 3.8) is 0 Å². The van der Waals surface area contributed by atoms with Crippen LogP contribution in [0.3, 0.4) is 0 Å². The lowest BCUT2D eigenvalue weighted by molar-refractivity contribution is 0.0993. The van der Waals surface area contributed by atoms with E-state index in [1.54, 1.807) is 0 Å². The van der Waals surface area contributed by atoms with Crippen LogP contribution < -0.4 is 0 Å². The fraction of sp³-hybridized carbons (Fsp3) is 0.476. The van der Waals surface area contributed by atoms with Crippen molar-refractivity contribution in [1.82, 2.24) is 0 Å². The van der Waals surface area contributed by atoms with Crippen LogP contribution in [0.5, 0.6) is 0 Å². The van der Waals surface area contributed by atoms with Gasteiger partial charge in [0.25, 0.3) is 0 Å². The summed E-state index contributed by atoms with van der Waals surface area (Å²) >= 11 is 0. The van der Waals surface area contributed by atoms with E-state index >= 15 is 0 Å². The summed E-state index contributed by atoms with van der Waals surface area (Å²) in [6, 6.07) is 9.40. The van der Waals surface area contributed by atoms with Gasteiger partial charge in [0.2, 0.25) is 0 Å². The number of ketones is 1.